The SMILES string of the molecule is CC(O)C(N)CNc1ccc(F)cn1. The summed E-state index contributed by atoms with van der Waals surface area (Å²) in [5, 5.41) is 12.0. The van der Waals surface area contributed by atoms with Crippen molar-refractivity contribution in [2.45, 2.75) is 19.1 Å². The predicted octanol–water partition coefficient (Wildman–Crippen LogP) is 0.341. The highest BCUT2D eigenvalue weighted by atomic mass is 19.1. The van der Waals surface area contributed by atoms with Gasteiger partial charge in [0.05, 0.1) is 12.3 Å². The zero-order valence-electron chi connectivity index (χ0n) is 7.94. The van der Waals surface area contributed by atoms with Crippen LogP contribution in [0.2, 0.25) is 0 Å². The molecule has 0 amide bonds. The fourth-order valence-corrected chi connectivity index (χ4v) is 0.873. The molecule has 0 aliphatic carbocycles. The maximum Gasteiger partial charge on any atom is 0.141 e. The zero-order valence-corrected chi connectivity index (χ0v) is 7.94. The fourth-order valence-electron chi connectivity index (χ4n) is 0.873. The first-order valence-electron chi connectivity index (χ1n) is 4.38. The molecular weight excluding hydrogens is 185 g/mol. The maximum atomic E-state index is 12.5. The van der Waals surface area contributed by atoms with Crippen LogP contribution in [0.1, 0.15) is 6.92 Å². The van der Waals surface area contributed by atoms with Crippen LogP contribution in [-0.4, -0.2) is 28.8 Å². The molecule has 78 valence electrons. The minimum absolute atomic E-state index is 0.359. The molecule has 0 aliphatic heterocycles. The van der Waals surface area contributed by atoms with Crippen LogP contribution in [0.25, 0.3) is 0 Å². The Balaban J connectivity index is 2.42. The van der Waals surface area contributed by atoms with Gasteiger partial charge in [0.15, 0.2) is 0 Å². The summed E-state index contributed by atoms with van der Waals surface area (Å²) in [5.41, 5.74) is 5.58. The van der Waals surface area contributed by atoms with Crippen LogP contribution >= 0.6 is 0 Å². The van der Waals surface area contributed by atoms with E-state index < -0.39 is 6.10 Å². The number of nitrogens with zero attached hydrogens (tertiary/aromatic N) is 1. The number of halogens is 1. The first kappa shape index (κ1) is 10.9. The minimum atomic E-state index is -0.581. The Kier molecular flexibility index (Phi) is 3.79. The summed E-state index contributed by atoms with van der Waals surface area (Å²) in [7, 11) is 0. The van der Waals surface area contributed by atoms with Gasteiger partial charge in [-0.15, -0.1) is 0 Å². The van der Waals surface area contributed by atoms with Crippen molar-refractivity contribution in [3.05, 3.63) is 24.1 Å². The van der Waals surface area contributed by atoms with E-state index in [1.54, 1.807) is 6.92 Å². The number of aliphatic hydroxyl groups excluding tert-OH is 1. The first-order chi connectivity index (χ1) is 6.59. The number of aromatic nitrogens is 1. The molecule has 0 aromatic carbocycles. The van der Waals surface area contributed by atoms with Gasteiger partial charge in [0.2, 0.25) is 0 Å². The van der Waals surface area contributed by atoms with E-state index in [0.717, 1.165) is 6.20 Å². The van der Waals surface area contributed by atoms with Crippen LogP contribution < -0.4 is 11.1 Å². The maximum absolute atomic E-state index is 12.5. The summed E-state index contributed by atoms with van der Waals surface area (Å²) in [5.74, 6) is 0.165. The van der Waals surface area contributed by atoms with E-state index in [1.165, 1.54) is 12.1 Å². The van der Waals surface area contributed by atoms with E-state index in [0.29, 0.717) is 12.4 Å². The Labute approximate surface area is 82.0 Å². The van der Waals surface area contributed by atoms with Crippen LogP contribution in [0.3, 0.4) is 0 Å². The molecule has 1 aromatic heterocycles. The van der Waals surface area contributed by atoms with Crippen LogP contribution in [0.15, 0.2) is 18.3 Å². The van der Waals surface area contributed by atoms with E-state index in [-0.39, 0.29) is 11.9 Å². The molecule has 5 heteroatoms. The Bertz CT molecular complexity index is 276. The molecule has 14 heavy (non-hydrogen) atoms. The molecule has 2 atom stereocenters. The summed E-state index contributed by atoms with van der Waals surface area (Å²) in [6, 6.07) is 2.47. The third kappa shape index (κ3) is 3.27. The van der Waals surface area contributed by atoms with Gasteiger partial charge in [-0.1, -0.05) is 0 Å². The van der Waals surface area contributed by atoms with E-state index in [1.807, 2.05) is 0 Å². The van der Waals surface area contributed by atoms with Crippen molar-refractivity contribution >= 4 is 5.82 Å². The summed E-state index contributed by atoms with van der Waals surface area (Å²) < 4.78 is 12.5. The predicted molar refractivity (Wildman–Crippen MR) is 52.3 cm³/mol. The van der Waals surface area contributed by atoms with Crippen LogP contribution in [0, 0.1) is 5.82 Å². The lowest BCUT2D eigenvalue weighted by Crippen LogP contribution is -2.38. The monoisotopic (exact) mass is 199 g/mol. The van der Waals surface area contributed by atoms with Crippen molar-refractivity contribution in [3.63, 3.8) is 0 Å². The largest absolute Gasteiger partial charge is 0.392 e. The molecule has 4 nitrogen and oxygen atoms in total. The van der Waals surface area contributed by atoms with E-state index >= 15 is 0 Å². The molecule has 0 radical (unpaired) electrons. The smallest absolute Gasteiger partial charge is 0.141 e. The lowest BCUT2D eigenvalue weighted by Gasteiger charge is -2.15. The van der Waals surface area contributed by atoms with Gasteiger partial charge in [-0.3, -0.25) is 0 Å². The Morgan fingerprint density at radius 1 is 1.64 bits per heavy atom. The van der Waals surface area contributed by atoms with Crippen molar-refractivity contribution in [1.29, 1.82) is 0 Å². The highest BCUT2D eigenvalue weighted by Crippen LogP contribution is 2.03. The second-order valence-corrected chi connectivity index (χ2v) is 3.15. The third-order valence-electron chi connectivity index (χ3n) is 1.87. The van der Waals surface area contributed by atoms with Gasteiger partial charge in [-0.25, -0.2) is 9.37 Å². The molecule has 0 fully saturated rings. The second kappa shape index (κ2) is 4.88. The average Bonchev–Trinajstić information content (AvgIpc) is 2.16. The van der Waals surface area contributed by atoms with Crippen LogP contribution in [0.4, 0.5) is 10.2 Å². The number of nitrogens with two attached hydrogens (primary N) is 1. The van der Waals surface area contributed by atoms with Gasteiger partial charge in [0.25, 0.3) is 0 Å². The van der Waals surface area contributed by atoms with Gasteiger partial charge in [0, 0.05) is 12.6 Å². The summed E-state index contributed by atoms with van der Waals surface area (Å²) in [4.78, 5) is 3.79. The average molecular weight is 199 g/mol. The number of rotatable bonds is 4. The summed E-state index contributed by atoms with van der Waals surface area (Å²) in [6.07, 6.45) is 0.541. The first-order valence-corrected chi connectivity index (χ1v) is 4.38. The molecular formula is C9H14FN3O. The molecule has 4 N–H and O–H groups in total. The van der Waals surface area contributed by atoms with Gasteiger partial charge in [0.1, 0.15) is 11.6 Å². The molecule has 2 unspecified atom stereocenters. The van der Waals surface area contributed by atoms with Crippen molar-refractivity contribution in [2.24, 2.45) is 5.73 Å². The van der Waals surface area contributed by atoms with Crippen LogP contribution in [0.5, 0.6) is 0 Å². The van der Waals surface area contributed by atoms with Crippen molar-refractivity contribution in [1.82, 2.24) is 4.98 Å². The molecule has 1 heterocycles. The molecule has 0 spiro atoms. The number of pyridine rings is 1. The number of anilines is 1. The molecule has 0 bridgehead atoms. The zero-order chi connectivity index (χ0) is 10.6. The highest BCUT2D eigenvalue weighted by molar-refractivity contribution is 5.33. The standard InChI is InChI=1S/C9H14FN3O/c1-6(14)8(11)5-13-9-3-2-7(10)4-12-9/h2-4,6,8,14H,5,11H2,1H3,(H,12,13). The van der Waals surface area contributed by atoms with Crippen molar-refractivity contribution < 1.29 is 9.50 Å². The molecule has 0 saturated carbocycles. The molecule has 1 rings (SSSR count). The van der Waals surface area contributed by atoms with Gasteiger partial charge in [-0.2, -0.15) is 0 Å². The quantitative estimate of drug-likeness (QED) is 0.654. The van der Waals surface area contributed by atoms with E-state index in [9.17, 15) is 4.39 Å². The van der Waals surface area contributed by atoms with E-state index in [2.05, 4.69) is 10.3 Å². The van der Waals surface area contributed by atoms with Gasteiger partial charge in [-0.05, 0) is 19.1 Å². The third-order valence-corrected chi connectivity index (χ3v) is 1.87. The number of nitrogens with one attached hydrogen (secondary N) is 1. The Morgan fingerprint density at radius 2 is 2.36 bits per heavy atom. The second-order valence-electron chi connectivity index (χ2n) is 3.15. The van der Waals surface area contributed by atoms with E-state index in [4.69, 9.17) is 10.8 Å². The van der Waals surface area contributed by atoms with Crippen LogP contribution in [-0.2, 0) is 0 Å². The summed E-state index contributed by atoms with van der Waals surface area (Å²) >= 11 is 0. The molecule has 0 saturated heterocycles. The number of aliphatic hydroxyl groups is 1. The molecule has 0 aliphatic rings. The van der Waals surface area contributed by atoms with Crippen molar-refractivity contribution in [2.75, 3.05) is 11.9 Å². The normalized spacial score (nSPS) is 14.9. The highest BCUT2D eigenvalue weighted by Gasteiger charge is 2.08. The Morgan fingerprint density at radius 3 is 2.86 bits per heavy atom. The van der Waals surface area contributed by atoms with Gasteiger partial charge < -0.3 is 16.2 Å². The Hall–Kier alpha value is -1.20. The number of hydrogen-bond donors (Lipinski definition) is 3. The summed E-state index contributed by atoms with van der Waals surface area (Å²) in [6.45, 7) is 2.01. The topological polar surface area (TPSA) is 71.2 Å². The number of hydrogen-bond acceptors (Lipinski definition) is 4. The lowest BCUT2D eigenvalue weighted by molar-refractivity contribution is 0.168. The van der Waals surface area contributed by atoms with Gasteiger partial charge >= 0.3 is 0 Å². The fraction of sp³-hybridized carbons (Fsp3) is 0.444. The minimum Gasteiger partial charge on any atom is -0.392 e. The van der Waals surface area contributed by atoms with Crippen molar-refractivity contribution in [3.8, 4) is 0 Å². The molecule has 1 aromatic rings. The lowest BCUT2D eigenvalue weighted by atomic mass is 10.2.